The number of aliphatic hydroxyl groups is 1. The maximum Gasteiger partial charge on any atom is 0.317 e. The van der Waals surface area contributed by atoms with E-state index in [2.05, 4.69) is 31.6 Å². The number of likely N-dealkylation sites (tertiary alicyclic amines) is 1. The number of amidine groups is 1. The topological polar surface area (TPSA) is 103 Å². The number of rotatable bonds is 7. The molecule has 0 unspecified atom stereocenters. The quantitative estimate of drug-likeness (QED) is 0.382. The molecule has 3 rings (SSSR count). The molecule has 176 valence electrons. The predicted molar refractivity (Wildman–Crippen MR) is 127 cm³/mol. The lowest BCUT2D eigenvalue weighted by atomic mass is 9.92. The molecule has 2 aromatic rings. The Morgan fingerprint density at radius 2 is 1.91 bits per heavy atom. The standard InChI is InChI=1S/C23H26BrFN4O4/c1-33-18-5-2-15(3-6-18)13-26-23(32)29-10-8-16(9-11-29)21(31)22(27-14-30)28-17-4-7-20(25)19(24)12-17/h2-7,12,16,30H,8-11,13-14H2,1H3,(H,26,32)(H,27,28). The molecule has 1 aliphatic rings. The van der Waals surface area contributed by atoms with Crippen molar-refractivity contribution in [3.63, 3.8) is 0 Å². The van der Waals surface area contributed by atoms with Crippen molar-refractivity contribution in [3.8, 4) is 5.75 Å². The predicted octanol–water partition coefficient (Wildman–Crippen LogP) is 3.55. The molecule has 0 aromatic heterocycles. The van der Waals surface area contributed by atoms with Crippen LogP contribution in [0.2, 0.25) is 0 Å². The van der Waals surface area contributed by atoms with Crippen LogP contribution in [0.4, 0.5) is 14.9 Å². The van der Waals surface area contributed by atoms with Gasteiger partial charge >= 0.3 is 6.03 Å². The second-order valence-electron chi connectivity index (χ2n) is 7.53. The van der Waals surface area contributed by atoms with Crippen LogP contribution in [0.3, 0.4) is 0 Å². The zero-order chi connectivity index (χ0) is 23.8. The molecule has 3 N–H and O–H groups in total. The van der Waals surface area contributed by atoms with Gasteiger partial charge in [-0.05, 0) is 64.7 Å². The van der Waals surface area contributed by atoms with Crippen LogP contribution in [-0.2, 0) is 11.3 Å². The minimum absolute atomic E-state index is 0.0124. The number of halogens is 2. The number of hydrogen-bond acceptors (Lipinski definition) is 5. The number of carbonyl (C=O) groups is 2. The van der Waals surface area contributed by atoms with E-state index in [4.69, 9.17) is 4.74 Å². The highest BCUT2D eigenvalue weighted by Gasteiger charge is 2.30. The van der Waals surface area contributed by atoms with E-state index in [0.29, 0.717) is 38.2 Å². The van der Waals surface area contributed by atoms with Crippen molar-refractivity contribution in [3.05, 3.63) is 58.3 Å². The number of piperidine rings is 1. The minimum atomic E-state index is -0.553. The van der Waals surface area contributed by atoms with Crippen LogP contribution in [0.15, 0.2) is 51.9 Å². The lowest BCUT2D eigenvalue weighted by Gasteiger charge is -2.31. The first kappa shape index (κ1) is 24.7. The molecule has 10 heteroatoms. The fourth-order valence-electron chi connectivity index (χ4n) is 3.53. The fraction of sp³-hybridized carbons (Fsp3) is 0.348. The molecule has 1 aliphatic heterocycles. The molecule has 1 saturated heterocycles. The van der Waals surface area contributed by atoms with Gasteiger partial charge in [0.2, 0.25) is 5.78 Å². The number of ether oxygens (including phenoxy) is 1. The highest BCUT2D eigenvalue weighted by molar-refractivity contribution is 9.10. The maximum atomic E-state index is 13.5. The van der Waals surface area contributed by atoms with Crippen molar-refractivity contribution in [1.82, 2.24) is 10.2 Å². The number of amides is 2. The Bertz CT molecular complexity index is 1010. The van der Waals surface area contributed by atoms with Crippen LogP contribution in [0.5, 0.6) is 5.75 Å². The molecule has 33 heavy (non-hydrogen) atoms. The van der Waals surface area contributed by atoms with Crippen molar-refractivity contribution >= 4 is 39.3 Å². The van der Waals surface area contributed by atoms with Gasteiger partial charge in [0, 0.05) is 31.2 Å². The minimum Gasteiger partial charge on any atom is -0.497 e. The Morgan fingerprint density at radius 1 is 1.21 bits per heavy atom. The number of carbonyl (C=O) groups excluding carboxylic acids is 2. The molecular formula is C23H26BrFN4O4. The lowest BCUT2D eigenvalue weighted by Crippen LogP contribution is -2.46. The molecular weight excluding hydrogens is 495 g/mol. The third kappa shape index (κ3) is 6.75. The van der Waals surface area contributed by atoms with E-state index in [0.717, 1.165) is 11.3 Å². The van der Waals surface area contributed by atoms with Gasteiger partial charge in [0.05, 0.1) is 11.6 Å². The first-order valence-corrected chi connectivity index (χ1v) is 11.3. The highest BCUT2D eigenvalue weighted by atomic mass is 79.9. The van der Waals surface area contributed by atoms with E-state index in [9.17, 15) is 19.1 Å². The van der Waals surface area contributed by atoms with Gasteiger partial charge in [-0.1, -0.05) is 12.1 Å². The summed E-state index contributed by atoms with van der Waals surface area (Å²) >= 11 is 3.10. The summed E-state index contributed by atoms with van der Waals surface area (Å²) in [6.07, 6.45) is 0.960. The first-order chi connectivity index (χ1) is 15.9. The largest absolute Gasteiger partial charge is 0.497 e. The number of aliphatic hydroxyl groups excluding tert-OH is 1. The number of methoxy groups -OCH3 is 1. The number of Topliss-reactive ketones (excluding diaryl/α,β-unsaturated/α-hetero) is 1. The number of nitrogens with zero attached hydrogens (tertiary/aromatic N) is 2. The summed E-state index contributed by atoms with van der Waals surface area (Å²) < 4.78 is 18.8. The third-order valence-electron chi connectivity index (χ3n) is 5.40. The number of urea groups is 1. The summed E-state index contributed by atoms with van der Waals surface area (Å²) in [6, 6.07) is 11.5. The van der Waals surface area contributed by atoms with Crippen LogP contribution in [0.1, 0.15) is 18.4 Å². The van der Waals surface area contributed by atoms with Gasteiger partial charge in [-0.2, -0.15) is 0 Å². The zero-order valence-corrected chi connectivity index (χ0v) is 19.8. The molecule has 1 fully saturated rings. The number of ketones is 1. The summed E-state index contributed by atoms with van der Waals surface area (Å²) in [5, 5.41) is 15.0. The Labute approximate surface area is 200 Å². The van der Waals surface area contributed by atoms with E-state index in [1.165, 1.54) is 18.2 Å². The average Bonchev–Trinajstić information content (AvgIpc) is 2.84. The molecule has 0 bridgehead atoms. The number of hydrogen-bond donors (Lipinski definition) is 3. The second-order valence-corrected chi connectivity index (χ2v) is 8.39. The van der Waals surface area contributed by atoms with Gasteiger partial charge in [0.1, 0.15) is 18.3 Å². The average molecular weight is 521 g/mol. The lowest BCUT2D eigenvalue weighted by molar-refractivity contribution is -0.117. The monoisotopic (exact) mass is 520 g/mol. The normalized spacial score (nSPS) is 14.7. The number of anilines is 1. The number of aliphatic imine (C=N–C) groups is 1. The van der Waals surface area contributed by atoms with E-state index < -0.39 is 12.5 Å². The Morgan fingerprint density at radius 3 is 2.52 bits per heavy atom. The molecule has 0 saturated carbocycles. The van der Waals surface area contributed by atoms with Crippen LogP contribution < -0.4 is 15.4 Å². The van der Waals surface area contributed by atoms with Crippen molar-refractivity contribution in [2.24, 2.45) is 10.9 Å². The van der Waals surface area contributed by atoms with E-state index in [1.807, 2.05) is 24.3 Å². The summed E-state index contributed by atoms with van der Waals surface area (Å²) in [4.78, 5) is 31.0. The third-order valence-corrected chi connectivity index (χ3v) is 6.01. The molecule has 1 heterocycles. The second kappa shape index (κ2) is 11.8. The summed E-state index contributed by atoms with van der Waals surface area (Å²) in [5.74, 6) is -0.244. The summed E-state index contributed by atoms with van der Waals surface area (Å²) in [7, 11) is 1.60. The van der Waals surface area contributed by atoms with Gasteiger partial charge < -0.3 is 25.4 Å². The Kier molecular flexibility index (Phi) is 8.79. The molecule has 8 nitrogen and oxygen atoms in total. The van der Waals surface area contributed by atoms with Crippen LogP contribution in [0.25, 0.3) is 0 Å². The summed E-state index contributed by atoms with van der Waals surface area (Å²) in [6.45, 7) is 0.702. The van der Waals surface area contributed by atoms with Crippen molar-refractivity contribution in [1.29, 1.82) is 0 Å². The molecule has 0 spiro atoms. The van der Waals surface area contributed by atoms with E-state index in [-0.39, 0.29) is 28.0 Å². The molecule has 2 aromatic carbocycles. The highest BCUT2D eigenvalue weighted by Crippen LogP contribution is 2.22. The molecule has 0 radical (unpaired) electrons. The van der Waals surface area contributed by atoms with Crippen molar-refractivity contribution < 1.29 is 23.8 Å². The van der Waals surface area contributed by atoms with Gasteiger partial charge in [-0.3, -0.25) is 4.79 Å². The van der Waals surface area contributed by atoms with Gasteiger partial charge in [0.15, 0.2) is 5.84 Å². The maximum absolute atomic E-state index is 13.5. The van der Waals surface area contributed by atoms with Crippen molar-refractivity contribution in [2.45, 2.75) is 19.4 Å². The van der Waals surface area contributed by atoms with Crippen LogP contribution >= 0.6 is 15.9 Å². The van der Waals surface area contributed by atoms with Crippen LogP contribution in [-0.4, -0.2) is 54.6 Å². The van der Waals surface area contributed by atoms with Gasteiger partial charge in [-0.15, -0.1) is 0 Å². The smallest absolute Gasteiger partial charge is 0.317 e. The summed E-state index contributed by atoms with van der Waals surface area (Å²) in [5.41, 5.74) is 1.43. The number of benzene rings is 2. The van der Waals surface area contributed by atoms with E-state index >= 15 is 0 Å². The SMILES string of the molecule is COc1ccc(CNC(=O)N2CCC(C(=O)C(=NCO)Nc3ccc(F)c(Br)c3)CC2)cc1. The molecule has 0 atom stereocenters. The molecule has 2 amide bonds. The van der Waals surface area contributed by atoms with Crippen LogP contribution in [0, 0.1) is 11.7 Å². The van der Waals surface area contributed by atoms with Gasteiger partial charge in [-0.25, -0.2) is 14.2 Å². The fourth-order valence-corrected chi connectivity index (χ4v) is 3.91. The van der Waals surface area contributed by atoms with Gasteiger partial charge in [0.25, 0.3) is 0 Å². The zero-order valence-electron chi connectivity index (χ0n) is 18.2. The Hall–Kier alpha value is -2.98. The Balaban J connectivity index is 1.52. The first-order valence-electron chi connectivity index (χ1n) is 10.5. The number of nitrogens with one attached hydrogen (secondary N) is 2. The molecule has 0 aliphatic carbocycles. The van der Waals surface area contributed by atoms with E-state index in [1.54, 1.807) is 12.0 Å². The van der Waals surface area contributed by atoms with Crippen molar-refractivity contribution in [2.75, 3.05) is 32.2 Å².